The van der Waals surface area contributed by atoms with E-state index in [1.54, 1.807) is 31.3 Å². The fourth-order valence-corrected chi connectivity index (χ4v) is 5.30. The largest absolute Gasteiger partial charge is 0.492 e. The summed E-state index contributed by atoms with van der Waals surface area (Å²) in [5.74, 6) is -0.152. The zero-order valence-electron chi connectivity index (χ0n) is 19.3. The van der Waals surface area contributed by atoms with Crippen molar-refractivity contribution >= 4 is 16.6 Å². The molecule has 2 aliphatic heterocycles. The van der Waals surface area contributed by atoms with E-state index in [0.717, 1.165) is 30.9 Å². The van der Waals surface area contributed by atoms with Crippen LogP contribution in [0, 0.1) is 0 Å². The number of benzene rings is 1. The fraction of sp³-hybridized carbons (Fsp3) is 0.500. The van der Waals surface area contributed by atoms with Gasteiger partial charge in [-0.05, 0) is 49.1 Å². The molecule has 3 N–H and O–H groups in total. The van der Waals surface area contributed by atoms with E-state index in [1.807, 2.05) is 6.07 Å². The summed E-state index contributed by atoms with van der Waals surface area (Å²) in [6.45, 7) is 2.75. The zero-order chi connectivity index (χ0) is 24.7. The predicted molar refractivity (Wildman–Crippen MR) is 124 cm³/mol. The van der Waals surface area contributed by atoms with Crippen LogP contribution in [0.15, 0.2) is 30.5 Å². The van der Waals surface area contributed by atoms with Crippen molar-refractivity contribution in [1.29, 1.82) is 0 Å². The van der Waals surface area contributed by atoms with Crippen molar-refractivity contribution in [1.82, 2.24) is 25.0 Å². The van der Waals surface area contributed by atoms with E-state index in [9.17, 15) is 22.7 Å². The van der Waals surface area contributed by atoms with Crippen molar-refractivity contribution in [2.45, 2.75) is 44.1 Å². The first-order valence-corrected chi connectivity index (χ1v) is 11.8. The molecular weight excluding hydrogens is 464 g/mol. The van der Waals surface area contributed by atoms with Crippen LogP contribution in [-0.2, 0) is 6.42 Å². The average Bonchev–Trinajstić information content (AvgIpc) is 3.17. The number of nitrogens with zero attached hydrogens (tertiary/aromatic N) is 4. The third-order valence-electron chi connectivity index (χ3n) is 6.91. The van der Waals surface area contributed by atoms with Gasteiger partial charge in [-0.25, -0.2) is 0 Å². The lowest BCUT2D eigenvalue weighted by atomic mass is 9.85. The van der Waals surface area contributed by atoms with E-state index in [0.29, 0.717) is 35.0 Å². The normalized spacial score (nSPS) is 21.7. The number of aromatic nitrogens is 3. The lowest BCUT2D eigenvalue weighted by molar-refractivity contribution is -0.155. The summed E-state index contributed by atoms with van der Waals surface area (Å²) < 4.78 is 53.0. The van der Waals surface area contributed by atoms with Gasteiger partial charge in [-0.1, -0.05) is 6.07 Å². The SMILES string of the molecule is C[C@@H]1Cc2c(ccc3[nH]nc(O)c23)C(c2ccc(NC3CN(CCCF)C3)cn2)N1CC(F)(F)F. The maximum atomic E-state index is 13.6. The van der Waals surface area contributed by atoms with E-state index >= 15 is 0 Å². The summed E-state index contributed by atoms with van der Waals surface area (Å²) >= 11 is 0. The number of halogens is 4. The lowest BCUT2D eigenvalue weighted by Gasteiger charge is -2.42. The number of pyridine rings is 1. The van der Waals surface area contributed by atoms with Gasteiger partial charge in [0.1, 0.15) is 0 Å². The van der Waals surface area contributed by atoms with Gasteiger partial charge in [0.15, 0.2) is 0 Å². The van der Waals surface area contributed by atoms with Gasteiger partial charge in [0.05, 0.1) is 53.8 Å². The molecule has 0 spiro atoms. The molecular formula is C24H28F4N6O. The van der Waals surface area contributed by atoms with Crippen molar-refractivity contribution < 1.29 is 22.7 Å². The molecule has 11 heteroatoms. The van der Waals surface area contributed by atoms with Crippen LogP contribution in [0.3, 0.4) is 0 Å². The Morgan fingerprint density at radius 3 is 2.69 bits per heavy atom. The Morgan fingerprint density at radius 1 is 1.20 bits per heavy atom. The average molecular weight is 493 g/mol. The summed E-state index contributed by atoms with van der Waals surface area (Å²) in [6, 6.07) is 6.21. The molecule has 1 fully saturated rings. The molecule has 2 aliphatic rings. The van der Waals surface area contributed by atoms with Crippen LogP contribution < -0.4 is 5.32 Å². The fourth-order valence-electron chi connectivity index (χ4n) is 5.30. The van der Waals surface area contributed by atoms with E-state index in [-0.39, 0.29) is 18.6 Å². The first-order chi connectivity index (χ1) is 16.7. The lowest BCUT2D eigenvalue weighted by Crippen LogP contribution is -2.54. The highest BCUT2D eigenvalue weighted by Crippen LogP contribution is 2.43. The van der Waals surface area contributed by atoms with Crippen LogP contribution in [0.2, 0.25) is 0 Å². The number of nitrogens with one attached hydrogen (secondary N) is 2. The molecule has 1 aromatic carbocycles. The van der Waals surface area contributed by atoms with Crippen LogP contribution in [-0.4, -0.2) is 81.2 Å². The highest BCUT2D eigenvalue weighted by atomic mass is 19.4. The van der Waals surface area contributed by atoms with Crippen LogP contribution in [0.1, 0.15) is 36.2 Å². The van der Waals surface area contributed by atoms with Crippen molar-refractivity contribution in [2.24, 2.45) is 0 Å². The summed E-state index contributed by atoms with van der Waals surface area (Å²) in [5, 5.41) is 20.9. The van der Waals surface area contributed by atoms with Gasteiger partial charge >= 0.3 is 6.18 Å². The summed E-state index contributed by atoms with van der Waals surface area (Å²) in [4.78, 5) is 8.16. The van der Waals surface area contributed by atoms with Gasteiger partial charge in [-0.3, -0.25) is 24.3 Å². The van der Waals surface area contributed by atoms with Gasteiger partial charge in [-0.2, -0.15) is 13.2 Å². The summed E-state index contributed by atoms with van der Waals surface area (Å²) in [7, 11) is 0. The second-order valence-corrected chi connectivity index (χ2v) is 9.46. The Bertz CT molecular complexity index is 1180. The van der Waals surface area contributed by atoms with Crippen molar-refractivity contribution in [3.63, 3.8) is 0 Å². The Morgan fingerprint density at radius 2 is 2.00 bits per heavy atom. The number of hydrogen-bond acceptors (Lipinski definition) is 6. The molecule has 35 heavy (non-hydrogen) atoms. The number of anilines is 1. The minimum absolute atomic E-state index is 0.152. The van der Waals surface area contributed by atoms with Crippen molar-refractivity contribution in [3.8, 4) is 5.88 Å². The van der Waals surface area contributed by atoms with Gasteiger partial charge in [0, 0.05) is 25.7 Å². The molecule has 5 rings (SSSR count). The molecule has 7 nitrogen and oxygen atoms in total. The van der Waals surface area contributed by atoms with E-state index in [4.69, 9.17) is 0 Å². The van der Waals surface area contributed by atoms with Gasteiger partial charge < -0.3 is 10.4 Å². The quantitative estimate of drug-likeness (QED) is 0.433. The maximum absolute atomic E-state index is 13.6. The molecule has 188 valence electrons. The highest BCUT2D eigenvalue weighted by molar-refractivity contribution is 5.88. The van der Waals surface area contributed by atoms with Crippen molar-refractivity contribution in [2.75, 3.05) is 38.2 Å². The van der Waals surface area contributed by atoms with Crippen LogP contribution >= 0.6 is 0 Å². The molecule has 0 saturated carbocycles. The van der Waals surface area contributed by atoms with Crippen molar-refractivity contribution in [3.05, 3.63) is 47.3 Å². The number of H-pyrrole nitrogens is 1. The Balaban J connectivity index is 1.43. The minimum Gasteiger partial charge on any atom is -0.492 e. The Labute approximate surface area is 200 Å². The summed E-state index contributed by atoms with van der Waals surface area (Å²) in [5.41, 5.74) is 3.42. The molecule has 1 saturated heterocycles. The minimum atomic E-state index is -4.37. The van der Waals surface area contributed by atoms with Crippen LogP contribution in [0.4, 0.5) is 23.2 Å². The molecule has 3 aromatic rings. The number of aromatic hydroxyl groups is 1. The van der Waals surface area contributed by atoms with Crippen LogP contribution in [0.5, 0.6) is 5.88 Å². The number of alkyl halides is 4. The predicted octanol–water partition coefficient (Wildman–Crippen LogP) is 4.02. The molecule has 0 bridgehead atoms. The number of hydrogen-bond donors (Lipinski definition) is 3. The smallest absolute Gasteiger partial charge is 0.401 e. The molecule has 1 unspecified atom stereocenters. The Hall–Kier alpha value is -2.92. The molecule has 2 atom stereocenters. The molecule has 0 radical (unpaired) electrons. The molecule has 0 aliphatic carbocycles. The Kier molecular flexibility index (Phi) is 6.30. The topological polar surface area (TPSA) is 80.3 Å². The molecule has 4 heterocycles. The third-order valence-corrected chi connectivity index (χ3v) is 6.91. The number of fused-ring (bicyclic) bond motifs is 3. The van der Waals surface area contributed by atoms with Gasteiger partial charge in [0.2, 0.25) is 5.88 Å². The number of rotatable bonds is 7. The zero-order valence-corrected chi connectivity index (χ0v) is 19.3. The van der Waals surface area contributed by atoms with E-state index < -0.39 is 24.8 Å². The first-order valence-electron chi connectivity index (χ1n) is 11.8. The second-order valence-electron chi connectivity index (χ2n) is 9.46. The monoisotopic (exact) mass is 492 g/mol. The molecule has 0 amide bonds. The first kappa shape index (κ1) is 23.8. The van der Waals surface area contributed by atoms with Crippen LogP contribution in [0.25, 0.3) is 10.9 Å². The third kappa shape index (κ3) is 4.79. The second kappa shape index (κ2) is 9.27. The number of likely N-dealkylation sites (tertiary alicyclic amines) is 1. The summed E-state index contributed by atoms with van der Waals surface area (Å²) in [6.07, 6.45) is -1.84. The van der Waals surface area contributed by atoms with Gasteiger partial charge in [-0.15, -0.1) is 5.10 Å². The molecule has 2 aromatic heterocycles. The van der Waals surface area contributed by atoms with Gasteiger partial charge in [0.25, 0.3) is 0 Å². The number of aromatic amines is 1. The maximum Gasteiger partial charge on any atom is 0.401 e. The highest BCUT2D eigenvalue weighted by Gasteiger charge is 2.42. The van der Waals surface area contributed by atoms with E-state index in [2.05, 4.69) is 25.4 Å². The standard InChI is InChI=1S/C24H28F4N6O/c1-14-9-18-17(4-6-19-21(18)23(35)32-31-19)22(34(14)13-24(26,27)28)20-5-3-15(10-29-20)30-16-11-33(12-16)8-2-7-25/h3-6,10,14,16,22,30H,2,7-9,11-13H2,1H3,(H2,31,32,35)/t14-,22?/m1/s1. The van der Waals surface area contributed by atoms with E-state index in [1.165, 1.54) is 4.90 Å².